The first-order valence-corrected chi connectivity index (χ1v) is 9.12. The van der Waals surface area contributed by atoms with E-state index in [1.807, 2.05) is 13.0 Å². The maximum Gasteiger partial charge on any atom is 0.270 e. The van der Waals surface area contributed by atoms with Crippen LogP contribution in [0.5, 0.6) is 5.75 Å². The number of hydrogen-bond donors (Lipinski definition) is 2. The Morgan fingerprint density at radius 1 is 0.690 bits per heavy atom. The molecule has 0 spiro atoms. The summed E-state index contributed by atoms with van der Waals surface area (Å²) in [4.78, 5) is 37.6. The van der Waals surface area contributed by atoms with E-state index in [1.54, 1.807) is 66.7 Å². The predicted molar refractivity (Wildman–Crippen MR) is 109 cm³/mol. The van der Waals surface area contributed by atoms with Gasteiger partial charge in [0.15, 0.2) is 5.78 Å². The molecular weight excluding hydrogens is 368 g/mol. The Labute approximate surface area is 168 Å². The van der Waals surface area contributed by atoms with Crippen molar-refractivity contribution in [2.24, 2.45) is 0 Å². The van der Waals surface area contributed by atoms with E-state index >= 15 is 0 Å². The van der Waals surface area contributed by atoms with Crippen LogP contribution in [0.2, 0.25) is 0 Å². The van der Waals surface area contributed by atoms with E-state index in [2.05, 4.69) is 10.9 Å². The molecule has 3 aromatic carbocycles. The van der Waals surface area contributed by atoms with Gasteiger partial charge in [-0.1, -0.05) is 48.5 Å². The van der Waals surface area contributed by atoms with Gasteiger partial charge in [-0.2, -0.15) is 0 Å². The Morgan fingerprint density at radius 2 is 1.28 bits per heavy atom. The fraction of sp³-hybridized carbons (Fsp3) is 0.0870. The van der Waals surface area contributed by atoms with Gasteiger partial charge in [0.05, 0.1) is 12.2 Å². The summed E-state index contributed by atoms with van der Waals surface area (Å²) in [6.45, 7) is 2.40. The average Bonchev–Trinajstić information content (AvgIpc) is 2.78. The number of nitrogens with one attached hydrogen (secondary N) is 2. The van der Waals surface area contributed by atoms with Gasteiger partial charge in [0, 0.05) is 16.7 Å². The first-order chi connectivity index (χ1) is 14.1. The maximum absolute atomic E-state index is 12.7. The van der Waals surface area contributed by atoms with Crippen molar-refractivity contribution in [2.45, 2.75) is 6.92 Å². The molecule has 0 aliphatic heterocycles. The number of rotatable bonds is 6. The van der Waals surface area contributed by atoms with Crippen LogP contribution in [-0.2, 0) is 0 Å². The van der Waals surface area contributed by atoms with Gasteiger partial charge in [-0.3, -0.25) is 25.2 Å². The van der Waals surface area contributed by atoms with Gasteiger partial charge in [-0.15, -0.1) is 0 Å². The Kier molecular flexibility index (Phi) is 6.37. The van der Waals surface area contributed by atoms with Gasteiger partial charge in [0.1, 0.15) is 5.75 Å². The SMILES string of the molecule is CCOc1ccc(C(=O)NNC(=O)c2ccccc2C(=O)c2ccccc2)cc1. The van der Waals surface area contributed by atoms with Crippen LogP contribution in [-0.4, -0.2) is 24.2 Å². The van der Waals surface area contributed by atoms with Gasteiger partial charge in [-0.05, 0) is 37.3 Å². The largest absolute Gasteiger partial charge is 0.494 e. The molecule has 146 valence electrons. The third kappa shape index (κ3) is 4.87. The average molecular weight is 388 g/mol. The molecule has 0 atom stereocenters. The molecule has 0 bridgehead atoms. The van der Waals surface area contributed by atoms with Gasteiger partial charge in [-0.25, -0.2) is 0 Å². The lowest BCUT2D eigenvalue weighted by Gasteiger charge is -2.11. The Morgan fingerprint density at radius 3 is 1.93 bits per heavy atom. The number of carbonyl (C=O) groups is 3. The molecule has 0 heterocycles. The number of ketones is 1. The normalized spacial score (nSPS) is 10.1. The number of hydrazine groups is 1. The van der Waals surface area contributed by atoms with Crippen molar-refractivity contribution in [2.75, 3.05) is 6.61 Å². The van der Waals surface area contributed by atoms with Gasteiger partial charge >= 0.3 is 0 Å². The van der Waals surface area contributed by atoms with E-state index in [0.717, 1.165) is 0 Å². The predicted octanol–water partition coefficient (Wildman–Crippen LogP) is 3.39. The zero-order valence-corrected chi connectivity index (χ0v) is 15.8. The van der Waals surface area contributed by atoms with Gasteiger partial charge in [0.2, 0.25) is 0 Å². The number of hydrogen-bond acceptors (Lipinski definition) is 4. The second-order valence-electron chi connectivity index (χ2n) is 6.11. The molecule has 6 nitrogen and oxygen atoms in total. The highest BCUT2D eigenvalue weighted by molar-refractivity contribution is 6.15. The van der Waals surface area contributed by atoms with E-state index in [0.29, 0.717) is 23.5 Å². The summed E-state index contributed by atoms with van der Waals surface area (Å²) >= 11 is 0. The minimum Gasteiger partial charge on any atom is -0.494 e. The topological polar surface area (TPSA) is 84.5 Å². The standard InChI is InChI=1S/C23H20N2O4/c1-2-29-18-14-12-17(13-15-18)22(27)24-25-23(28)20-11-7-6-10-19(20)21(26)16-8-4-3-5-9-16/h3-15H,2H2,1H3,(H,24,27)(H,25,28). The summed E-state index contributed by atoms with van der Waals surface area (Å²) in [5.41, 5.74) is 6.00. The van der Waals surface area contributed by atoms with Crippen LogP contribution in [0.25, 0.3) is 0 Å². The first-order valence-electron chi connectivity index (χ1n) is 9.12. The molecule has 0 saturated carbocycles. The minimum atomic E-state index is -0.579. The lowest BCUT2D eigenvalue weighted by Crippen LogP contribution is -2.42. The zero-order valence-electron chi connectivity index (χ0n) is 15.8. The van der Waals surface area contributed by atoms with Crippen LogP contribution >= 0.6 is 0 Å². The number of ether oxygens (including phenoxy) is 1. The molecule has 0 fully saturated rings. The van der Waals surface area contributed by atoms with Crippen LogP contribution in [0, 0.1) is 0 Å². The van der Waals surface area contributed by atoms with Crippen molar-refractivity contribution in [3.63, 3.8) is 0 Å². The molecule has 29 heavy (non-hydrogen) atoms. The monoisotopic (exact) mass is 388 g/mol. The van der Waals surface area contributed by atoms with Crippen molar-refractivity contribution in [1.29, 1.82) is 0 Å². The maximum atomic E-state index is 12.7. The number of benzene rings is 3. The molecule has 0 aromatic heterocycles. The van der Waals surface area contributed by atoms with Crippen LogP contribution in [0.4, 0.5) is 0 Å². The summed E-state index contributed by atoms with van der Waals surface area (Å²) in [6.07, 6.45) is 0. The Hall–Kier alpha value is -3.93. The van der Waals surface area contributed by atoms with Crippen LogP contribution in [0.15, 0.2) is 78.9 Å². The quantitative estimate of drug-likeness (QED) is 0.501. The molecule has 0 radical (unpaired) electrons. The van der Waals surface area contributed by atoms with E-state index in [1.165, 1.54) is 6.07 Å². The third-order valence-electron chi connectivity index (χ3n) is 4.17. The highest BCUT2D eigenvalue weighted by Crippen LogP contribution is 2.15. The molecule has 3 rings (SSSR count). The van der Waals surface area contributed by atoms with Gasteiger partial charge < -0.3 is 4.74 Å². The lowest BCUT2D eigenvalue weighted by atomic mass is 9.98. The Balaban J connectivity index is 1.70. The second kappa shape index (κ2) is 9.32. The molecule has 3 aromatic rings. The summed E-state index contributed by atoms with van der Waals surface area (Å²) in [5, 5.41) is 0. The summed E-state index contributed by atoms with van der Waals surface area (Å²) in [7, 11) is 0. The molecule has 0 unspecified atom stereocenters. The van der Waals surface area contributed by atoms with Crippen molar-refractivity contribution in [3.05, 3.63) is 101 Å². The summed E-state index contributed by atoms with van der Waals surface area (Å²) in [5.74, 6) is -0.673. The minimum absolute atomic E-state index is 0.174. The molecule has 6 heteroatoms. The highest BCUT2D eigenvalue weighted by Gasteiger charge is 2.18. The fourth-order valence-corrected chi connectivity index (χ4v) is 2.75. The lowest BCUT2D eigenvalue weighted by molar-refractivity contribution is 0.0845. The second-order valence-corrected chi connectivity index (χ2v) is 6.11. The fourth-order valence-electron chi connectivity index (χ4n) is 2.75. The van der Waals surface area contributed by atoms with Crippen molar-refractivity contribution < 1.29 is 19.1 Å². The van der Waals surface area contributed by atoms with E-state index in [9.17, 15) is 14.4 Å². The molecule has 2 N–H and O–H groups in total. The molecule has 0 aliphatic rings. The zero-order chi connectivity index (χ0) is 20.6. The third-order valence-corrected chi connectivity index (χ3v) is 4.17. The first kappa shape index (κ1) is 19.8. The summed E-state index contributed by atoms with van der Waals surface area (Å²) in [6, 6.07) is 21.7. The summed E-state index contributed by atoms with van der Waals surface area (Å²) < 4.78 is 5.34. The molecule has 0 saturated heterocycles. The number of carbonyl (C=O) groups excluding carboxylic acids is 3. The number of amides is 2. The Bertz CT molecular complexity index is 1010. The van der Waals surface area contributed by atoms with E-state index in [4.69, 9.17) is 4.74 Å². The molecule has 2 amide bonds. The molecule has 0 aliphatic carbocycles. The van der Waals surface area contributed by atoms with Crippen LogP contribution in [0.1, 0.15) is 43.6 Å². The van der Waals surface area contributed by atoms with Crippen molar-refractivity contribution >= 4 is 17.6 Å². The van der Waals surface area contributed by atoms with E-state index in [-0.39, 0.29) is 16.9 Å². The highest BCUT2D eigenvalue weighted by atomic mass is 16.5. The van der Waals surface area contributed by atoms with E-state index < -0.39 is 11.8 Å². The van der Waals surface area contributed by atoms with Crippen molar-refractivity contribution in [1.82, 2.24) is 10.9 Å². The van der Waals surface area contributed by atoms with Crippen LogP contribution in [0.3, 0.4) is 0 Å². The van der Waals surface area contributed by atoms with Crippen molar-refractivity contribution in [3.8, 4) is 5.75 Å². The van der Waals surface area contributed by atoms with Crippen LogP contribution < -0.4 is 15.6 Å². The molecular formula is C23H20N2O4. The smallest absolute Gasteiger partial charge is 0.270 e. The van der Waals surface area contributed by atoms with Gasteiger partial charge in [0.25, 0.3) is 11.8 Å².